The van der Waals surface area contributed by atoms with Gasteiger partial charge in [-0.25, -0.2) is 0 Å². The van der Waals surface area contributed by atoms with Gasteiger partial charge in [-0.15, -0.1) is 0 Å². The number of fused-ring (bicyclic) bond motifs is 2. The first-order chi connectivity index (χ1) is 20.2. The summed E-state index contributed by atoms with van der Waals surface area (Å²) in [4.78, 5) is 48.7. The van der Waals surface area contributed by atoms with E-state index in [1.807, 2.05) is 87.5 Å². The molecule has 2 aromatic rings. The molecule has 2 aromatic carbocycles. The monoisotopic (exact) mass is 589 g/mol. The highest BCUT2D eigenvalue weighted by Gasteiger charge is 2.75. The van der Waals surface area contributed by atoms with Gasteiger partial charge >= 0.3 is 0 Å². The van der Waals surface area contributed by atoms with Gasteiger partial charge in [0.15, 0.2) is 0 Å². The van der Waals surface area contributed by atoms with Crippen LogP contribution in [0.25, 0.3) is 0 Å². The minimum Gasteiger partial charge on any atom is -0.394 e. The molecule has 6 rings (SSSR count). The third-order valence-corrected chi connectivity index (χ3v) is 9.53. The van der Waals surface area contributed by atoms with Crippen molar-refractivity contribution in [3.8, 4) is 0 Å². The Kier molecular flexibility index (Phi) is 7.28. The molecule has 8 nitrogen and oxygen atoms in total. The van der Waals surface area contributed by atoms with Crippen molar-refractivity contribution in [1.29, 1.82) is 0 Å². The molecule has 6 atom stereocenters. The molecule has 4 aliphatic rings. The number of aliphatic hydroxyl groups excluding tert-OH is 1. The number of hydrogen-bond donors (Lipinski definition) is 1. The summed E-state index contributed by atoms with van der Waals surface area (Å²) in [6.07, 6.45) is 8.23. The molecule has 1 unspecified atom stereocenters. The molecule has 0 radical (unpaired) electrons. The number of likely N-dealkylation sites (tertiary alicyclic amines) is 1. The summed E-state index contributed by atoms with van der Waals surface area (Å²) in [6.45, 7) is 6.52. The van der Waals surface area contributed by atoms with Crippen LogP contribution in [0.4, 0.5) is 5.69 Å². The van der Waals surface area contributed by atoms with Gasteiger partial charge in [0.05, 0.1) is 40.8 Å². The van der Waals surface area contributed by atoms with Crippen molar-refractivity contribution in [1.82, 2.24) is 9.80 Å². The van der Waals surface area contributed by atoms with Gasteiger partial charge in [0, 0.05) is 19.6 Å². The molecule has 4 heterocycles. The van der Waals surface area contributed by atoms with E-state index >= 15 is 0 Å². The molecule has 1 N–H and O–H groups in total. The predicted octanol–water partition coefficient (Wildman–Crippen LogP) is 4.06. The second kappa shape index (κ2) is 10.7. The summed E-state index contributed by atoms with van der Waals surface area (Å²) < 4.78 is 6.93. The van der Waals surface area contributed by atoms with Crippen molar-refractivity contribution in [3.63, 3.8) is 0 Å². The molecule has 2 saturated heterocycles. The van der Waals surface area contributed by atoms with Gasteiger partial charge in [0.25, 0.3) is 5.91 Å². The number of anilines is 1. The summed E-state index contributed by atoms with van der Waals surface area (Å²) in [5, 5.41) is 11.2. The molecule has 220 valence electrons. The Morgan fingerprint density at radius 2 is 1.71 bits per heavy atom. The van der Waals surface area contributed by atoms with Crippen molar-refractivity contribution in [2.24, 2.45) is 11.8 Å². The molecular formula is C33H36ClN3O5. The van der Waals surface area contributed by atoms with Crippen molar-refractivity contribution in [2.45, 2.75) is 50.5 Å². The van der Waals surface area contributed by atoms with Crippen molar-refractivity contribution in [2.75, 3.05) is 31.1 Å². The summed E-state index contributed by atoms with van der Waals surface area (Å²) >= 11 is 6.66. The fraction of sp³-hybridized carbons (Fsp3) is 0.424. The van der Waals surface area contributed by atoms with E-state index in [-0.39, 0.29) is 24.3 Å². The average Bonchev–Trinajstić information content (AvgIpc) is 3.24. The van der Waals surface area contributed by atoms with E-state index in [1.54, 1.807) is 15.9 Å². The molecule has 9 heteroatoms. The maximum atomic E-state index is 14.9. The third-order valence-electron chi connectivity index (χ3n) is 9.22. The highest BCUT2D eigenvalue weighted by molar-refractivity contribution is 6.34. The lowest BCUT2D eigenvalue weighted by Gasteiger charge is -2.40. The Hall–Kier alpha value is -3.46. The van der Waals surface area contributed by atoms with E-state index in [9.17, 15) is 19.5 Å². The van der Waals surface area contributed by atoms with E-state index in [0.717, 1.165) is 12.0 Å². The molecule has 0 aromatic heterocycles. The summed E-state index contributed by atoms with van der Waals surface area (Å²) in [7, 11) is 0. The number of halogens is 1. The Labute approximate surface area is 251 Å². The fourth-order valence-electron chi connectivity index (χ4n) is 7.51. The van der Waals surface area contributed by atoms with Crippen LogP contribution in [0.15, 0.2) is 72.8 Å². The molecule has 42 heavy (non-hydrogen) atoms. The number of nitrogens with zero attached hydrogens (tertiary/aromatic N) is 3. The maximum absolute atomic E-state index is 14.9. The van der Waals surface area contributed by atoms with Crippen LogP contribution in [-0.4, -0.2) is 76.1 Å². The molecule has 2 fully saturated rings. The number of aryl methyl sites for hydroxylation is 1. The standard InChI is InChI=1S/C33H36ClN3O5/c1-4-17-35-18-9-15-32(3)25(29(35)39)26-30(40)37(24(20-38)22-12-6-5-7-13-22)28-31(41)36(19-10-16-33(26,28)42-32)27-21(2)11-8-14-23(27)34/h5-16,24-26,28,38H,4,17-20H2,1-3H3/t24-,25-,26+,28?,32+,33+/m1/s1. The number of ether oxygens (including phenoxy) is 1. The van der Waals surface area contributed by atoms with Crippen LogP contribution >= 0.6 is 11.6 Å². The van der Waals surface area contributed by atoms with Gasteiger partial charge in [-0.3, -0.25) is 14.4 Å². The number of para-hydroxylation sites is 1. The molecule has 0 aliphatic carbocycles. The zero-order valence-electron chi connectivity index (χ0n) is 24.1. The van der Waals surface area contributed by atoms with Crippen molar-refractivity contribution < 1.29 is 24.2 Å². The topological polar surface area (TPSA) is 90.4 Å². The zero-order chi connectivity index (χ0) is 29.8. The SMILES string of the molecule is CCCN1CC=C[C@]2(C)O[C@]34C=CCN(c5c(C)cccc5Cl)C(=O)C3N([C@H](CO)c3ccccc3)C(=O)[C@@H]4[C@@H]2C1=O. The Balaban J connectivity index is 1.55. The zero-order valence-corrected chi connectivity index (χ0v) is 24.8. The van der Waals surface area contributed by atoms with Gasteiger partial charge in [-0.05, 0) is 37.5 Å². The first-order valence-corrected chi connectivity index (χ1v) is 14.9. The number of benzene rings is 2. The largest absolute Gasteiger partial charge is 0.394 e. The summed E-state index contributed by atoms with van der Waals surface area (Å²) in [5.41, 5.74) is -0.481. The van der Waals surface area contributed by atoms with Crippen LogP contribution in [0.5, 0.6) is 0 Å². The van der Waals surface area contributed by atoms with E-state index < -0.39 is 41.7 Å². The lowest BCUT2D eigenvalue weighted by Crippen LogP contribution is -2.57. The van der Waals surface area contributed by atoms with Crippen LogP contribution < -0.4 is 4.90 Å². The first-order valence-electron chi connectivity index (χ1n) is 14.6. The van der Waals surface area contributed by atoms with E-state index in [0.29, 0.717) is 29.4 Å². The highest BCUT2D eigenvalue weighted by atomic mass is 35.5. The lowest BCUT2D eigenvalue weighted by atomic mass is 9.74. The lowest BCUT2D eigenvalue weighted by molar-refractivity contribution is -0.151. The quantitative estimate of drug-likeness (QED) is 0.513. The molecular weight excluding hydrogens is 554 g/mol. The Morgan fingerprint density at radius 3 is 2.40 bits per heavy atom. The molecule has 0 bridgehead atoms. The molecule has 3 amide bonds. The second-order valence-electron chi connectivity index (χ2n) is 11.8. The average molecular weight is 590 g/mol. The molecule has 4 aliphatic heterocycles. The number of rotatable bonds is 6. The van der Waals surface area contributed by atoms with Gasteiger partial charge in [0.1, 0.15) is 11.6 Å². The fourth-order valence-corrected chi connectivity index (χ4v) is 7.84. The predicted molar refractivity (Wildman–Crippen MR) is 160 cm³/mol. The van der Waals surface area contributed by atoms with Gasteiger partial charge in [-0.2, -0.15) is 0 Å². The van der Waals surface area contributed by atoms with Crippen LogP contribution in [0.2, 0.25) is 5.02 Å². The van der Waals surface area contributed by atoms with Crippen LogP contribution in [0.1, 0.15) is 37.4 Å². The summed E-state index contributed by atoms with van der Waals surface area (Å²) in [5.74, 6) is -2.73. The van der Waals surface area contributed by atoms with Crippen molar-refractivity contribution in [3.05, 3.63) is 89.0 Å². The van der Waals surface area contributed by atoms with E-state index in [4.69, 9.17) is 16.3 Å². The number of hydrogen-bond acceptors (Lipinski definition) is 5. The van der Waals surface area contributed by atoms with Crippen molar-refractivity contribution >= 4 is 35.0 Å². The Morgan fingerprint density at radius 1 is 0.976 bits per heavy atom. The number of carbonyl (C=O) groups excluding carboxylic acids is 3. The molecule has 0 saturated carbocycles. The molecule has 1 spiro atoms. The minimum absolute atomic E-state index is 0.163. The maximum Gasteiger partial charge on any atom is 0.253 e. The number of aliphatic hydroxyl groups is 1. The second-order valence-corrected chi connectivity index (χ2v) is 12.2. The minimum atomic E-state index is -1.44. The first kappa shape index (κ1) is 28.6. The number of carbonyl (C=O) groups is 3. The van der Waals surface area contributed by atoms with Crippen LogP contribution in [0.3, 0.4) is 0 Å². The summed E-state index contributed by atoms with van der Waals surface area (Å²) in [6, 6.07) is 12.7. The van der Waals surface area contributed by atoms with Crippen LogP contribution in [-0.2, 0) is 19.1 Å². The Bertz CT molecular complexity index is 1460. The van der Waals surface area contributed by atoms with Gasteiger partial charge in [0.2, 0.25) is 11.8 Å². The van der Waals surface area contributed by atoms with Gasteiger partial charge < -0.3 is 24.5 Å². The smallest absolute Gasteiger partial charge is 0.253 e. The van der Waals surface area contributed by atoms with Gasteiger partial charge in [-0.1, -0.05) is 85.3 Å². The highest BCUT2D eigenvalue weighted by Crippen LogP contribution is 2.59. The normalized spacial score (nSPS) is 31.1. The third kappa shape index (κ3) is 4.14. The van der Waals surface area contributed by atoms with E-state index in [1.165, 1.54) is 4.90 Å². The van der Waals surface area contributed by atoms with E-state index in [2.05, 4.69) is 0 Å². The van der Waals surface area contributed by atoms with Crippen LogP contribution in [0, 0.1) is 18.8 Å². The number of amides is 3.